The van der Waals surface area contributed by atoms with Crippen LogP contribution < -0.4 is 5.32 Å². The summed E-state index contributed by atoms with van der Waals surface area (Å²) in [4.78, 5) is 0. The first kappa shape index (κ1) is 12.3. The Hall–Kier alpha value is -0.120. The van der Waals surface area contributed by atoms with Crippen LogP contribution >= 0.6 is 0 Å². The molecule has 0 aromatic carbocycles. The van der Waals surface area contributed by atoms with Crippen molar-refractivity contribution in [2.24, 2.45) is 11.3 Å². The van der Waals surface area contributed by atoms with Crippen LogP contribution in [-0.2, 0) is 4.74 Å². The summed E-state index contributed by atoms with van der Waals surface area (Å²) in [5, 5.41) is 12.6. The average Bonchev–Trinajstić information content (AvgIpc) is 2.19. The van der Waals surface area contributed by atoms with E-state index in [-0.39, 0.29) is 6.61 Å². The molecule has 0 amide bonds. The van der Waals surface area contributed by atoms with E-state index in [0.717, 1.165) is 19.6 Å². The van der Waals surface area contributed by atoms with Crippen LogP contribution in [0.5, 0.6) is 0 Å². The fourth-order valence-electron chi connectivity index (χ4n) is 3.13. The molecule has 2 fully saturated rings. The topological polar surface area (TPSA) is 41.5 Å². The number of nitrogens with one attached hydrogen (secondary N) is 1. The van der Waals surface area contributed by atoms with Crippen LogP contribution in [0.3, 0.4) is 0 Å². The van der Waals surface area contributed by atoms with Crippen molar-refractivity contribution in [3.63, 3.8) is 0 Å². The molecule has 0 aliphatic heterocycles. The van der Waals surface area contributed by atoms with Gasteiger partial charge in [0.05, 0.1) is 6.10 Å². The van der Waals surface area contributed by atoms with Gasteiger partial charge in [0.25, 0.3) is 0 Å². The molecule has 3 nitrogen and oxygen atoms in total. The zero-order chi connectivity index (χ0) is 11.6. The zero-order valence-electron chi connectivity index (χ0n) is 10.5. The lowest BCUT2D eigenvalue weighted by Gasteiger charge is -2.61. The van der Waals surface area contributed by atoms with E-state index in [9.17, 15) is 0 Å². The first-order valence-electron chi connectivity index (χ1n) is 6.68. The highest BCUT2D eigenvalue weighted by atomic mass is 16.5. The molecule has 0 aromatic rings. The molecule has 16 heavy (non-hydrogen) atoms. The largest absolute Gasteiger partial charge is 0.396 e. The van der Waals surface area contributed by atoms with Gasteiger partial charge in [-0.15, -0.1) is 0 Å². The maximum atomic E-state index is 9.01. The fraction of sp³-hybridized carbons (Fsp3) is 1.00. The fourth-order valence-corrected chi connectivity index (χ4v) is 3.13. The highest BCUT2D eigenvalue weighted by Gasteiger charge is 2.58. The summed E-state index contributed by atoms with van der Waals surface area (Å²) in [7, 11) is 0. The smallest absolute Gasteiger partial charge is 0.0661 e. The zero-order valence-corrected chi connectivity index (χ0v) is 10.5. The van der Waals surface area contributed by atoms with E-state index < -0.39 is 0 Å². The highest BCUT2D eigenvalue weighted by molar-refractivity contribution is 5.12. The molecule has 3 unspecified atom stereocenters. The number of hydrogen-bond acceptors (Lipinski definition) is 3. The third-order valence-corrected chi connectivity index (χ3v) is 4.46. The van der Waals surface area contributed by atoms with E-state index >= 15 is 0 Å². The normalized spacial score (nSPS) is 33.2. The van der Waals surface area contributed by atoms with Crippen molar-refractivity contribution in [2.45, 2.75) is 51.7 Å². The molecule has 0 saturated heterocycles. The Balaban J connectivity index is 1.79. The van der Waals surface area contributed by atoms with Crippen LogP contribution in [0.25, 0.3) is 0 Å². The van der Waals surface area contributed by atoms with E-state index in [2.05, 4.69) is 19.2 Å². The minimum atomic E-state index is 0.279. The summed E-state index contributed by atoms with van der Waals surface area (Å²) in [6.45, 7) is 6.22. The summed E-state index contributed by atoms with van der Waals surface area (Å²) < 4.78 is 5.81. The van der Waals surface area contributed by atoms with Crippen LogP contribution in [0.1, 0.15) is 39.5 Å². The molecular formula is C13H25NO2. The second kappa shape index (κ2) is 5.03. The summed E-state index contributed by atoms with van der Waals surface area (Å²) in [5.74, 6) is 0.364. The van der Waals surface area contributed by atoms with E-state index in [4.69, 9.17) is 9.84 Å². The molecule has 2 N–H and O–H groups in total. The van der Waals surface area contributed by atoms with Gasteiger partial charge < -0.3 is 15.2 Å². The predicted molar refractivity (Wildman–Crippen MR) is 64.4 cm³/mol. The van der Waals surface area contributed by atoms with Gasteiger partial charge in [-0.2, -0.15) is 0 Å². The SMILES string of the molecule is CCOC1CC(NCC(C)CO)C12CCC2. The third-order valence-electron chi connectivity index (χ3n) is 4.46. The third kappa shape index (κ3) is 2.01. The van der Waals surface area contributed by atoms with Crippen LogP contribution in [0.15, 0.2) is 0 Å². The summed E-state index contributed by atoms with van der Waals surface area (Å²) in [6, 6.07) is 0.631. The van der Waals surface area contributed by atoms with Gasteiger partial charge in [-0.25, -0.2) is 0 Å². The minimum Gasteiger partial charge on any atom is -0.396 e. The number of aliphatic hydroxyl groups is 1. The molecule has 3 atom stereocenters. The van der Waals surface area contributed by atoms with Gasteiger partial charge in [0.2, 0.25) is 0 Å². The van der Waals surface area contributed by atoms with E-state index in [1.54, 1.807) is 0 Å². The average molecular weight is 227 g/mol. The first-order valence-corrected chi connectivity index (χ1v) is 6.68. The Morgan fingerprint density at radius 3 is 2.75 bits per heavy atom. The molecule has 2 saturated carbocycles. The van der Waals surface area contributed by atoms with Gasteiger partial charge in [0.15, 0.2) is 0 Å². The lowest BCUT2D eigenvalue weighted by Crippen LogP contribution is -2.67. The lowest BCUT2D eigenvalue weighted by molar-refractivity contribution is -0.173. The molecule has 0 radical (unpaired) electrons. The quantitative estimate of drug-likeness (QED) is 0.723. The van der Waals surface area contributed by atoms with Gasteiger partial charge in [-0.1, -0.05) is 13.3 Å². The van der Waals surface area contributed by atoms with Gasteiger partial charge >= 0.3 is 0 Å². The van der Waals surface area contributed by atoms with Crippen molar-refractivity contribution in [3.05, 3.63) is 0 Å². The Kier molecular flexibility index (Phi) is 3.88. The van der Waals surface area contributed by atoms with Crippen molar-refractivity contribution >= 4 is 0 Å². The summed E-state index contributed by atoms with van der Waals surface area (Å²) in [5.41, 5.74) is 0.450. The first-order chi connectivity index (χ1) is 7.73. The van der Waals surface area contributed by atoms with Crippen LogP contribution in [-0.4, -0.2) is 37.0 Å². The number of ether oxygens (including phenoxy) is 1. The maximum Gasteiger partial charge on any atom is 0.0661 e. The molecule has 0 heterocycles. The second-order valence-electron chi connectivity index (χ2n) is 5.51. The van der Waals surface area contributed by atoms with Crippen molar-refractivity contribution in [1.82, 2.24) is 5.32 Å². The Bertz CT molecular complexity index is 228. The van der Waals surface area contributed by atoms with E-state index in [1.165, 1.54) is 19.3 Å². The van der Waals surface area contributed by atoms with Crippen LogP contribution in [0, 0.1) is 11.3 Å². The molecule has 2 aliphatic carbocycles. The van der Waals surface area contributed by atoms with E-state index in [0.29, 0.717) is 23.5 Å². The molecule has 1 spiro atoms. The van der Waals surface area contributed by atoms with Crippen LogP contribution in [0.4, 0.5) is 0 Å². The number of rotatable bonds is 6. The van der Waals surface area contributed by atoms with Gasteiger partial charge in [0.1, 0.15) is 0 Å². The standard InChI is InChI=1S/C13H25NO2/c1-3-16-12-7-11(13(12)5-4-6-13)14-8-10(2)9-15/h10-12,14-15H,3-9H2,1-2H3. The predicted octanol–water partition coefficient (Wildman–Crippen LogP) is 1.55. The lowest BCUT2D eigenvalue weighted by atomic mass is 9.51. The number of hydrogen-bond donors (Lipinski definition) is 2. The maximum absolute atomic E-state index is 9.01. The Labute approximate surface area is 98.6 Å². The monoisotopic (exact) mass is 227 g/mol. The molecule has 2 rings (SSSR count). The molecule has 0 bridgehead atoms. The van der Waals surface area contributed by atoms with Crippen molar-refractivity contribution in [1.29, 1.82) is 0 Å². The number of aliphatic hydroxyl groups excluding tert-OH is 1. The van der Waals surface area contributed by atoms with Gasteiger partial charge in [0, 0.05) is 31.2 Å². The summed E-state index contributed by atoms with van der Waals surface area (Å²) in [6.07, 6.45) is 5.66. The molecule has 94 valence electrons. The van der Waals surface area contributed by atoms with Crippen molar-refractivity contribution < 1.29 is 9.84 Å². The van der Waals surface area contributed by atoms with Crippen LogP contribution in [0.2, 0.25) is 0 Å². The highest BCUT2D eigenvalue weighted by Crippen LogP contribution is 2.57. The van der Waals surface area contributed by atoms with Gasteiger partial charge in [-0.3, -0.25) is 0 Å². The second-order valence-corrected chi connectivity index (χ2v) is 5.51. The summed E-state index contributed by atoms with van der Waals surface area (Å²) >= 11 is 0. The van der Waals surface area contributed by atoms with E-state index in [1.807, 2.05) is 0 Å². The minimum absolute atomic E-state index is 0.279. The van der Waals surface area contributed by atoms with Gasteiger partial charge in [-0.05, 0) is 32.1 Å². The Morgan fingerprint density at radius 2 is 2.25 bits per heavy atom. The molecule has 3 heteroatoms. The van der Waals surface area contributed by atoms with Crippen molar-refractivity contribution in [3.8, 4) is 0 Å². The molecular weight excluding hydrogens is 202 g/mol. The molecule has 0 aromatic heterocycles. The Morgan fingerprint density at radius 1 is 1.50 bits per heavy atom. The van der Waals surface area contributed by atoms with Crippen molar-refractivity contribution in [2.75, 3.05) is 19.8 Å². The molecule has 2 aliphatic rings.